The van der Waals surface area contributed by atoms with Gasteiger partial charge in [-0.15, -0.1) is 68.0 Å². The van der Waals surface area contributed by atoms with E-state index in [-0.39, 0.29) is 0 Å². The Morgan fingerprint density at radius 3 is 1.20 bits per heavy atom. The molecular formula is C52H50N2S6. The molecule has 0 aliphatic carbocycles. The number of thiophene rings is 6. The highest BCUT2D eigenvalue weighted by molar-refractivity contribution is 7.27. The third kappa shape index (κ3) is 7.73. The lowest BCUT2D eigenvalue weighted by Gasteiger charge is -2.06. The van der Waals surface area contributed by atoms with Crippen LogP contribution in [0.3, 0.4) is 0 Å². The molecule has 10 rings (SSSR count). The number of nitrogens with zero attached hydrogens (tertiary/aromatic N) is 2. The van der Waals surface area contributed by atoms with E-state index in [2.05, 4.69) is 145 Å². The number of hydrogen-bond acceptors (Lipinski definition) is 6. The molecule has 0 saturated heterocycles. The summed E-state index contributed by atoms with van der Waals surface area (Å²) in [6, 6.07) is 37.5. The number of benzene rings is 2. The van der Waals surface area contributed by atoms with Crippen LogP contribution in [0.15, 0.2) is 108 Å². The van der Waals surface area contributed by atoms with Crippen LogP contribution >= 0.6 is 68.0 Å². The molecule has 0 atom stereocenters. The molecule has 0 aliphatic rings. The summed E-state index contributed by atoms with van der Waals surface area (Å²) in [7, 11) is 4.46. The van der Waals surface area contributed by atoms with Gasteiger partial charge in [0.1, 0.15) is 5.65 Å². The third-order valence-electron chi connectivity index (χ3n) is 12.0. The van der Waals surface area contributed by atoms with Gasteiger partial charge in [-0.05, 0) is 131 Å². The van der Waals surface area contributed by atoms with Gasteiger partial charge < -0.3 is 9.13 Å². The largest absolute Gasteiger partial charge is 0.330 e. The van der Waals surface area contributed by atoms with Gasteiger partial charge in [-0.25, -0.2) is 0 Å². The van der Waals surface area contributed by atoms with Crippen LogP contribution in [0.4, 0.5) is 0 Å². The van der Waals surface area contributed by atoms with Crippen molar-refractivity contribution >= 4 is 101 Å². The Balaban J connectivity index is 0.869. The molecule has 0 spiro atoms. The first-order chi connectivity index (χ1) is 29.4. The zero-order valence-corrected chi connectivity index (χ0v) is 39.7. The summed E-state index contributed by atoms with van der Waals surface area (Å²) in [6.07, 6.45) is 12.9. The maximum atomic E-state index is 2.42. The number of hydrogen-bond donors (Lipinski definition) is 0. The van der Waals surface area contributed by atoms with Crippen LogP contribution < -0.4 is 0 Å². The summed E-state index contributed by atoms with van der Waals surface area (Å²) in [4.78, 5) is 13.6. The van der Waals surface area contributed by atoms with Crippen molar-refractivity contribution in [2.45, 2.75) is 78.1 Å². The van der Waals surface area contributed by atoms with Crippen molar-refractivity contribution in [2.24, 2.45) is 14.1 Å². The molecule has 8 heteroatoms. The van der Waals surface area contributed by atoms with Crippen LogP contribution in [-0.2, 0) is 26.9 Å². The Kier molecular flexibility index (Phi) is 11.6. The minimum Gasteiger partial charge on any atom is -0.330 e. The summed E-state index contributed by atoms with van der Waals surface area (Å²) in [5, 5.41) is 8.71. The Labute approximate surface area is 378 Å². The molecule has 0 unspecified atom stereocenters. The smallest absolute Gasteiger partial charge is 0.121 e. The molecule has 2 aromatic carbocycles. The minimum absolute atomic E-state index is 1.20. The minimum atomic E-state index is 1.20. The predicted molar refractivity (Wildman–Crippen MR) is 272 cm³/mol. The summed E-state index contributed by atoms with van der Waals surface area (Å²) < 4.78 is 4.79. The summed E-state index contributed by atoms with van der Waals surface area (Å²) in [5.41, 5.74) is 9.37. The molecule has 304 valence electrons. The van der Waals surface area contributed by atoms with E-state index in [1.165, 1.54) is 168 Å². The van der Waals surface area contributed by atoms with Crippen molar-refractivity contribution in [1.29, 1.82) is 0 Å². The zero-order valence-electron chi connectivity index (χ0n) is 34.8. The van der Waals surface area contributed by atoms with E-state index in [1.807, 2.05) is 68.0 Å². The van der Waals surface area contributed by atoms with Crippen molar-refractivity contribution in [3.8, 4) is 59.9 Å². The van der Waals surface area contributed by atoms with Gasteiger partial charge in [0.25, 0.3) is 0 Å². The maximum absolute atomic E-state index is 2.42. The molecule has 8 heterocycles. The van der Waals surface area contributed by atoms with Gasteiger partial charge in [-0.3, -0.25) is 0 Å². The molecule has 0 fully saturated rings. The first-order valence-electron chi connectivity index (χ1n) is 21.5. The second kappa shape index (κ2) is 17.4. The molecule has 0 aliphatic heterocycles. The molecule has 10 aromatic rings. The summed E-state index contributed by atoms with van der Waals surface area (Å²) >= 11 is 11.4. The highest BCUT2D eigenvalue weighted by atomic mass is 32.1. The van der Waals surface area contributed by atoms with E-state index in [0.717, 1.165) is 0 Å². The van der Waals surface area contributed by atoms with Crippen LogP contribution in [0, 0.1) is 0 Å². The van der Waals surface area contributed by atoms with Gasteiger partial charge in [0.15, 0.2) is 0 Å². The molecule has 0 saturated carbocycles. The molecule has 0 bridgehead atoms. The normalized spacial score (nSPS) is 12.0. The van der Waals surface area contributed by atoms with Gasteiger partial charge in [0.05, 0.1) is 11.0 Å². The SMILES string of the molecule is CCCCCCc1csc(-c2ccc(-c3ccc(-c4ccc5c6c7ccc(-c8ccc(-c9ccc(-c%10cc(CCCCCC)cs%10)s9)s8)cc7n(C)c6n(C)c5c4)s3)s2)c1. The Bertz CT molecular complexity index is 2870. The highest BCUT2D eigenvalue weighted by Gasteiger charge is 2.20. The monoisotopic (exact) mass is 894 g/mol. The fourth-order valence-electron chi connectivity index (χ4n) is 8.76. The number of unbranched alkanes of at least 4 members (excludes halogenated alkanes) is 6. The fraction of sp³-hybridized carbons (Fsp3) is 0.269. The lowest BCUT2D eigenvalue weighted by atomic mass is 10.1. The number of fused-ring (bicyclic) bond motifs is 5. The Morgan fingerprint density at radius 1 is 0.400 bits per heavy atom. The molecule has 0 radical (unpaired) electrons. The van der Waals surface area contributed by atoms with Crippen molar-refractivity contribution in [3.05, 3.63) is 119 Å². The van der Waals surface area contributed by atoms with Crippen LogP contribution in [0.1, 0.15) is 76.3 Å². The molecule has 2 nitrogen and oxygen atoms in total. The lowest BCUT2D eigenvalue weighted by Crippen LogP contribution is -1.95. The van der Waals surface area contributed by atoms with Gasteiger partial charge in [0, 0.05) is 79.0 Å². The Hall–Kier alpha value is -4.02. The maximum Gasteiger partial charge on any atom is 0.121 e. The predicted octanol–water partition coefficient (Wildman–Crippen LogP) is 18.4. The standard InChI is InChI=1S/C52H50N2S6/c1-5-7-9-11-13-33-27-49(55-31-33)47-25-23-45(59-47)43-21-19-41(57-43)35-15-17-37-39(29-35)53(3)52-51(37)38-18-16-36(30-40(38)54(52)4)42-20-22-44(58-42)46-24-26-48(60-46)50-28-34(32-56-50)14-12-10-8-6-2/h15-32H,5-14H2,1-4H3. The van der Waals surface area contributed by atoms with E-state index >= 15 is 0 Å². The highest BCUT2D eigenvalue weighted by Crippen LogP contribution is 2.46. The van der Waals surface area contributed by atoms with E-state index in [9.17, 15) is 0 Å². The quantitative estimate of drug-likeness (QED) is 0.0856. The lowest BCUT2D eigenvalue weighted by molar-refractivity contribution is 0.667. The van der Waals surface area contributed by atoms with E-state index in [4.69, 9.17) is 0 Å². The fourth-order valence-corrected chi connectivity index (χ4v) is 15.1. The van der Waals surface area contributed by atoms with Crippen molar-refractivity contribution in [1.82, 2.24) is 9.13 Å². The second-order valence-electron chi connectivity index (χ2n) is 16.2. The van der Waals surface area contributed by atoms with Crippen molar-refractivity contribution < 1.29 is 0 Å². The molecule has 60 heavy (non-hydrogen) atoms. The van der Waals surface area contributed by atoms with Crippen LogP contribution in [0.5, 0.6) is 0 Å². The van der Waals surface area contributed by atoms with Crippen LogP contribution in [-0.4, -0.2) is 9.13 Å². The number of aromatic nitrogens is 2. The molecular weight excluding hydrogens is 845 g/mol. The summed E-state index contributed by atoms with van der Waals surface area (Å²) in [5.74, 6) is 0. The second-order valence-corrected chi connectivity index (χ2v) is 22.4. The average Bonchev–Trinajstić information content (AvgIpc) is 4.12. The number of aryl methyl sites for hydroxylation is 4. The summed E-state index contributed by atoms with van der Waals surface area (Å²) in [6.45, 7) is 4.56. The Morgan fingerprint density at radius 2 is 0.783 bits per heavy atom. The van der Waals surface area contributed by atoms with Crippen molar-refractivity contribution in [2.75, 3.05) is 0 Å². The number of rotatable bonds is 16. The first kappa shape index (κ1) is 40.1. The average molecular weight is 895 g/mol. The van der Waals surface area contributed by atoms with Crippen LogP contribution in [0.2, 0.25) is 0 Å². The molecule has 0 amide bonds. The molecule has 0 N–H and O–H groups in total. The van der Waals surface area contributed by atoms with E-state index in [1.54, 1.807) is 0 Å². The van der Waals surface area contributed by atoms with Crippen LogP contribution in [0.25, 0.3) is 92.7 Å². The van der Waals surface area contributed by atoms with Crippen molar-refractivity contribution in [3.63, 3.8) is 0 Å². The van der Waals surface area contributed by atoms with Gasteiger partial charge in [-0.2, -0.15) is 0 Å². The molecule has 8 aromatic heterocycles. The first-order valence-corrected chi connectivity index (χ1v) is 26.5. The van der Waals surface area contributed by atoms with E-state index < -0.39 is 0 Å². The van der Waals surface area contributed by atoms with Gasteiger partial charge >= 0.3 is 0 Å². The zero-order chi connectivity index (χ0) is 40.7. The van der Waals surface area contributed by atoms with Gasteiger partial charge in [-0.1, -0.05) is 76.6 Å². The third-order valence-corrected chi connectivity index (χ3v) is 19.2. The van der Waals surface area contributed by atoms with Gasteiger partial charge in [0.2, 0.25) is 0 Å². The van der Waals surface area contributed by atoms with E-state index in [0.29, 0.717) is 0 Å². The topological polar surface area (TPSA) is 9.86 Å².